The lowest BCUT2D eigenvalue weighted by atomic mass is 9.82. The maximum Gasteiger partial charge on any atom is 0.264 e. The molecule has 4 aliphatic rings. The Kier molecular flexibility index (Phi) is 8.46. The summed E-state index contributed by atoms with van der Waals surface area (Å²) in [5.74, 6) is 0.518. The lowest BCUT2D eigenvalue weighted by Gasteiger charge is -2.37. The number of β-lactam (4-membered cyclic amide) rings is 1. The Morgan fingerprint density at radius 1 is 1.04 bits per heavy atom. The minimum Gasteiger partial charge on any atom is -0.497 e. The Morgan fingerprint density at radius 2 is 1.81 bits per heavy atom. The van der Waals surface area contributed by atoms with E-state index in [9.17, 15) is 14.7 Å². The van der Waals surface area contributed by atoms with Crippen molar-refractivity contribution >= 4 is 42.4 Å². The first-order chi connectivity index (χ1) is 23.1. The SMILES string of the molecule is COc1ccc([Si](C)(C)[C@@H]2[C@@H](CC(=O)N3CCC[C@H]3CO)O[C@]3(C(=O)N(Cc4cccc(N5CCC5=O)c4)c4ccccc43)[C@H]2C)cc1. The highest BCUT2D eigenvalue weighted by molar-refractivity contribution is 6.91. The number of anilines is 2. The van der Waals surface area contributed by atoms with Gasteiger partial charge in [-0.3, -0.25) is 14.4 Å². The van der Waals surface area contributed by atoms with Gasteiger partial charge >= 0.3 is 0 Å². The van der Waals surface area contributed by atoms with Gasteiger partial charge < -0.3 is 29.3 Å². The van der Waals surface area contributed by atoms with Crippen LogP contribution in [0.3, 0.4) is 0 Å². The molecule has 4 heterocycles. The highest BCUT2D eigenvalue weighted by Crippen LogP contribution is 2.60. The van der Waals surface area contributed by atoms with Crippen LogP contribution in [-0.4, -0.2) is 74.8 Å². The average molecular weight is 668 g/mol. The number of hydrogen-bond acceptors (Lipinski definition) is 6. The largest absolute Gasteiger partial charge is 0.497 e. The summed E-state index contributed by atoms with van der Waals surface area (Å²) in [4.78, 5) is 46.6. The van der Waals surface area contributed by atoms with Gasteiger partial charge in [0.2, 0.25) is 11.8 Å². The molecule has 3 saturated heterocycles. The van der Waals surface area contributed by atoms with Gasteiger partial charge in [-0.05, 0) is 54.3 Å². The van der Waals surface area contributed by atoms with Crippen LogP contribution in [0.5, 0.6) is 5.75 Å². The second kappa shape index (κ2) is 12.5. The minimum absolute atomic E-state index is 0.0294. The van der Waals surface area contributed by atoms with Gasteiger partial charge in [0.05, 0.1) is 52.6 Å². The van der Waals surface area contributed by atoms with Crippen molar-refractivity contribution in [2.75, 3.05) is 36.6 Å². The fourth-order valence-electron chi connectivity index (χ4n) is 8.86. The Balaban J connectivity index is 1.27. The zero-order valence-corrected chi connectivity index (χ0v) is 29.2. The molecule has 0 bridgehead atoms. The molecule has 0 radical (unpaired) electrons. The zero-order valence-electron chi connectivity index (χ0n) is 28.2. The fourth-order valence-corrected chi connectivity index (χ4v) is 12.9. The second-order valence-corrected chi connectivity index (χ2v) is 19.0. The molecule has 0 unspecified atom stereocenters. The fraction of sp³-hybridized carbons (Fsp3) is 0.447. The summed E-state index contributed by atoms with van der Waals surface area (Å²) >= 11 is 0. The number of nitrogens with zero attached hydrogens (tertiary/aromatic N) is 3. The Morgan fingerprint density at radius 3 is 2.50 bits per heavy atom. The number of likely N-dealkylation sites (tertiary alicyclic amines) is 1. The second-order valence-electron chi connectivity index (χ2n) is 14.3. The number of benzene rings is 3. The Labute approximate surface area is 283 Å². The van der Waals surface area contributed by atoms with E-state index < -0.39 is 19.8 Å². The molecular weight excluding hydrogens is 623 g/mol. The highest BCUT2D eigenvalue weighted by Gasteiger charge is 2.66. The molecule has 3 aromatic rings. The zero-order chi connectivity index (χ0) is 33.8. The number of carbonyl (C=O) groups is 3. The molecule has 0 aromatic heterocycles. The van der Waals surface area contributed by atoms with Gasteiger partial charge in [-0.15, -0.1) is 0 Å². The van der Waals surface area contributed by atoms with Gasteiger partial charge in [-0.25, -0.2) is 0 Å². The van der Waals surface area contributed by atoms with E-state index in [0.717, 1.165) is 41.1 Å². The number of aliphatic hydroxyl groups is 1. The van der Waals surface area contributed by atoms with Crippen molar-refractivity contribution in [1.29, 1.82) is 0 Å². The number of methoxy groups -OCH3 is 1. The van der Waals surface area contributed by atoms with Gasteiger partial charge in [0, 0.05) is 36.7 Å². The van der Waals surface area contributed by atoms with Gasteiger partial charge in [-0.1, -0.05) is 67.7 Å². The molecule has 1 N–H and O–H groups in total. The predicted octanol–water partition coefficient (Wildman–Crippen LogP) is 4.57. The van der Waals surface area contributed by atoms with E-state index in [2.05, 4.69) is 32.2 Å². The maximum atomic E-state index is 15.0. The summed E-state index contributed by atoms with van der Waals surface area (Å²) < 4.78 is 12.6. The first-order valence-electron chi connectivity index (χ1n) is 17.1. The number of ether oxygens (including phenoxy) is 2. The molecule has 0 saturated carbocycles. The van der Waals surface area contributed by atoms with Crippen LogP contribution in [0.1, 0.15) is 43.7 Å². The van der Waals surface area contributed by atoms with E-state index in [0.29, 0.717) is 26.1 Å². The van der Waals surface area contributed by atoms with Crippen LogP contribution < -0.4 is 19.7 Å². The first-order valence-corrected chi connectivity index (χ1v) is 20.2. The summed E-state index contributed by atoms with van der Waals surface area (Å²) in [7, 11) is -0.757. The molecule has 1 spiro atoms. The van der Waals surface area contributed by atoms with Crippen LogP contribution in [0.25, 0.3) is 0 Å². The quantitative estimate of drug-likeness (QED) is 0.265. The monoisotopic (exact) mass is 667 g/mol. The maximum absolute atomic E-state index is 15.0. The molecule has 252 valence electrons. The molecule has 7 rings (SSSR count). The van der Waals surface area contributed by atoms with Crippen LogP contribution in [-0.2, 0) is 31.3 Å². The molecular formula is C38H45N3O6Si. The number of amides is 3. The third kappa shape index (κ3) is 5.16. The van der Waals surface area contributed by atoms with E-state index in [1.54, 1.807) is 12.0 Å². The van der Waals surface area contributed by atoms with Crippen molar-refractivity contribution in [2.45, 2.75) is 75.5 Å². The first kappa shape index (κ1) is 32.5. The van der Waals surface area contributed by atoms with Crippen molar-refractivity contribution in [3.05, 3.63) is 83.9 Å². The average Bonchev–Trinajstić information content (AvgIpc) is 3.75. The van der Waals surface area contributed by atoms with Crippen LogP contribution in [0.15, 0.2) is 72.8 Å². The van der Waals surface area contributed by atoms with Crippen molar-refractivity contribution in [1.82, 2.24) is 4.90 Å². The third-order valence-electron chi connectivity index (χ3n) is 11.4. The lowest BCUT2D eigenvalue weighted by Crippen LogP contribution is -2.52. The molecule has 5 atom stereocenters. The minimum atomic E-state index is -2.41. The normalized spacial score (nSPS) is 26.7. The lowest BCUT2D eigenvalue weighted by molar-refractivity contribution is -0.150. The van der Waals surface area contributed by atoms with Crippen LogP contribution in [0.4, 0.5) is 11.4 Å². The summed E-state index contributed by atoms with van der Waals surface area (Å²) in [5.41, 5.74) is 2.11. The topological polar surface area (TPSA) is 99.6 Å². The van der Waals surface area contributed by atoms with Crippen molar-refractivity contribution in [2.24, 2.45) is 5.92 Å². The van der Waals surface area contributed by atoms with Crippen molar-refractivity contribution < 1.29 is 29.0 Å². The highest BCUT2D eigenvalue weighted by atomic mass is 28.3. The number of para-hydroxylation sites is 1. The van der Waals surface area contributed by atoms with Crippen LogP contribution in [0.2, 0.25) is 18.6 Å². The van der Waals surface area contributed by atoms with Gasteiger partial charge in [-0.2, -0.15) is 0 Å². The van der Waals surface area contributed by atoms with Crippen molar-refractivity contribution in [3.8, 4) is 5.75 Å². The molecule has 0 aliphatic carbocycles. The molecule has 3 aromatic carbocycles. The molecule has 48 heavy (non-hydrogen) atoms. The van der Waals surface area contributed by atoms with Crippen molar-refractivity contribution in [3.63, 3.8) is 0 Å². The number of fused-ring (bicyclic) bond motifs is 2. The number of hydrogen-bond donors (Lipinski definition) is 1. The van der Waals surface area contributed by atoms with E-state index in [4.69, 9.17) is 9.47 Å². The molecule has 4 aliphatic heterocycles. The van der Waals surface area contributed by atoms with Gasteiger partial charge in [0.15, 0.2) is 5.60 Å². The van der Waals surface area contributed by atoms with E-state index >= 15 is 4.79 Å². The van der Waals surface area contributed by atoms with Gasteiger partial charge in [0.1, 0.15) is 5.75 Å². The smallest absolute Gasteiger partial charge is 0.264 e. The predicted molar refractivity (Wildman–Crippen MR) is 187 cm³/mol. The summed E-state index contributed by atoms with van der Waals surface area (Å²) in [5, 5.41) is 11.2. The van der Waals surface area contributed by atoms with E-state index in [1.807, 2.05) is 70.5 Å². The number of rotatable bonds is 9. The third-order valence-corrected chi connectivity index (χ3v) is 15.8. The Hall–Kier alpha value is -3.99. The number of aliphatic hydroxyl groups excluding tert-OH is 1. The standard InChI is InChI=1S/C38H45N3O6Si/c1-25-36(48(3,4)30-16-14-29(46-2)15-17-30)33(22-35(44)39-19-8-11-28(39)24-42)47-38(25)31-12-5-6-13-32(31)41(37(38)45)23-26-9-7-10-27(21-26)40-20-18-34(40)43/h5-7,9-10,12-17,21,25,28,33,36,42H,8,11,18-20,22-24H2,1-4H3/t25-,28-,33+,36-,38+/m0/s1. The summed E-state index contributed by atoms with van der Waals surface area (Å²) in [6.45, 7) is 8.37. The van der Waals surface area contributed by atoms with Crippen LogP contribution >= 0.6 is 0 Å². The van der Waals surface area contributed by atoms with E-state index in [1.165, 1.54) is 5.19 Å². The summed E-state index contributed by atoms with van der Waals surface area (Å²) in [6.07, 6.45) is 1.87. The van der Waals surface area contributed by atoms with Crippen LogP contribution in [0, 0.1) is 5.92 Å². The summed E-state index contributed by atoms with van der Waals surface area (Å²) in [6, 6.07) is 23.8. The molecule has 3 fully saturated rings. The Bertz CT molecular complexity index is 1730. The number of carbonyl (C=O) groups excluding carboxylic acids is 3. The molecule has 10 heteroatoms. The van der Waals surface area contributed by atoms with E-state index in [-0.39, 0.29) is 48.3 Å². The molecule has 3 amide bonds. The van der Waals surface area contributed by atoms with Gasteiger partial charge in [0.25, 0.3) is 5.91 Å². The molecule has 9 nitrogen and oxygen atoms in total.